The van der Waals surface area contributed by atoms with Crippen LogP contribution in [-0.2, 0) is 5.33 Å². The minimum Gasteiger partial charge on any atom is -0.487 e. The number of rotatable bonds is 1. The molecule has 0 fully saturated rings. The molecule has 1 aliphatic carbocycles. The topological polar surface area (TPSA) is 9.23 Å². The second-order valence-electron chi connectivity index (χ2n) is 6.41. The molecule has 0 radical (unpaired) electrons. The summed E-state index contributed by atoms with van der Waals surface area (Å²) in [4.78, 5) is 0. The van der Waals surface area contributed by atoms with Gasteiger partial charge in [-0.15, -0.1) is 0 Å². The molecule has 0 spiro atoms. The lowest BCUT2D eigenvalue weighted by Crippen LogP contribution is -2.45. The van der Waals surface area contributed by atoms with E-state index in [4.69, 9.17) is 4.74 Å². The van der Waals surface area contributed by atoms with E-state index in [9.17, 15) is 0 Å². The van der Waals surface area contributed by atoms with E-state index in [-0.39, 0.29) is 5.60 Å². The molecule has 2 aliphatic rings. The van der Waals surface area contributed by atoms with Crippen molar-refractivity contribution < 1.29 is 4.74 Å². The molecule has 0 saturated heterocycles. The summed E-state index contributed by atoms with van der Waals surface area (Å²) in [5, 5.41) is 0.886. The molecule has 1 aromatic rings. The first-order chi connectivity index (χ1) is 9.01. The van der Waals surface area contributed by atoms with Gasteiger partial charge < -0.3 is 4.74 Å². The van der Waals surface area contributed by atoms with Crippen LogP contribution in [0.15, 0.2) is 29.8 Å². The van der Waals surface area contributed by atoms with Crippen molar-refractivity contribution >= 4 is 15.9 Å². The van der Waals surface area contributed by atoms with E-state index in [0.717, 1.165) is 17.5 Å². The van der Waals surface area contributed by atoms with Crippen molar-refractivity contribution in [2.45, 2.75) is 50.5 Å². The molecule has 3 rings (SSSR count). The number of fused-ring (bicyclic) bond motifs is 3. The molecule has 0 aromatic heterocycles. The first kappa shape index (κ1) is 13.2. The summed E-state index contributed by atoms with van der Waals surface area (Å²) >= 11 is 3.53. The highest BCUT2D eigenvalue weighted by Crippen LogP contribution is 2.51. The maximum absolute atomic E-state index is 6.32. The molecule has 0 unspecified atom stereocenters. The summed E-state index contributed by atoms with van der Waals surface area (Å²) in [7, 11) is 0. The largest absolute Gasteiger partial charge is 0.487 e. The van der Waals surface area contributed by atoms with Gasteiger partial charge in [0.15, 0.2) is 0 Å². The van der Waals surface area contributed by atoms with Gasteiger partial charge in [-0.25, -0.2) is 0 Å². The zero-order valence-corrected chi connectivity index (χ0v) is 13.5. The van der Waals surface area contributed by atoms with Crippen molar-refractivity contribution in [2.24, 2.45) is 5.92 Å². The van der Waals surface area contributed by atoms with Gasteiger partial charge in [-0.05, 0) is 56.7 Å². The quantitative estimate of drug-likeness (QED) is 0.511. The third kappa shape index (κ3) is 2.24. The van der Waals surface area contributed by atoms with E-state index in [1.807, 2.05) is 0 Å². The van der Waals surface area contributed by atoms with Crippen molar-refractivity contribution in [1.29, 1.82) is 0 Å². The van der Waals surface area contributed by atoms with Crippen LogP contribution in [0.2, 0.25) is 0 Å². The van der Waals surface area contributed by atoms with E-state index < -0.39 is 0 Å². The van der Waals surface area contributed by atoms with Crippen LogP contribution in [0.1, 0.15) is 50.7 Å². The summed E-state index contributed by atoms with van der Waals surface area (Å²) in [6.07, 6.45) is 4.71. The standard InChI is InChI=1S/C17H21BrO/c1-11-4-7-15-14(8-11)13-6-5-12(10-18)9-16(13)19-17(15,2)3/h4-6,9,14-15H,7-8,10H2,1-3H3/t14-,15+/m0/s1. The predicted octanol–water partition coefficient (Wildman–Crippen LogP) is 5.19. The molecule has 1 nitrogen and oxygen atoms in total. The maximum Gasteiger partial charge on any atom is 0.123 e. The number of benzene rings is 1. The Morgan fingerprint density at radius 2 is 2.16 bits per heavy atom. The van der Waals surface area contributed by atoms with Crippen LogP contribution in [0.5, 0.6) is 5.75 Å². The molecular formula is C17H21BrO. The molecule has 1 aromatic carbocycles. The number of ether oxygens (including phenoxy) is 1. The zero-order chi connectivity index (χ0) is 13.6. The molecule has 0 bridgehead atoms. The molecule has 2 atom stereocenters. The van der Waals surface area contributed by atoms with Crippen molar-refractivity contribution in [1.82, 2.24) is 0 Å². The molecular weight excluding hydrogens is 300 g/mol. The van der Waals surface area contributed by atoms with E-state index in [0.29, 0.717) is 11.8 Å². The van der Waals surface area contributed by atoms with Crippen LogP contribution in [0.25, 0.3) is 0 Å². The van der Waals surface area contributed by atoms with Gasteiger partial charge in [0.1, 0.15) is 11.4 Å². The predicted molar refractivity (Wildman–Crippen MR) is 83.0 cm³/mol. The lowest BCUT2D eigenvalue weighted by molar-refractivity contribution is 0.00850. The molecule has 2 heteroatoms. The number of alkyl halides is 1. The summed E-state index contributed by atoms with van der Waals surface area (Å²) in [5.74, 6) is 2.31. The van der Waals surface area contributed by atoms with Crippen molar-refractivity contribution in [3.05, 3.63) is 41.0 Å². The lowest BCUT2D eigenvalue weighted by atomic mass is 9.67. The fourth-order valence-corrected chi connectivity index (χ4v) is 3.92. The van der Waals surface area contributed by atoms with Crippen LogP contribution < -0.4 is 4.74 Å². The third-order valence-electron chi connectivity index (χ3n) is 4.65. The van der Waals surface area contributed by atoms with Gasteiger partial charge in [0.05, 0.1) is 0 Å². The first-order valence-electron chi connectivity index (χ1n) is 7.04. The highest BCUT2D eigenvalue weighted by Gasteiger charge is 2.44. The van der Waals surface area contributed by atoms with Gasteiger partial charge in [-0.1, -0.05) is 39.7 Å². The van der Waals surface area contributed by atoms with E-state index in [1.54, 1.807) is 0 Å². The Kier molecular flexibility index (Phi) is 3.24. The Labute approximate surface area is 124 Å². The zero-order valence-electron chi connectivity index (χ0n) is 11.9. The molecule has 19 heavy (non-hydrogen) atoms. The molecule has 1 heterocycles. The van der Waals surface area contributed by atoms with Crippen LogP contribution in [0.4, 0.5) is 0 Å². The first-order valence-corrected chi connectivity index (χ1v) is 8.17. The Balaban J connectivity index is 2.08. The molecule has 0 saturated carbocycles. The summed E-state index contributed by atoms with van der Waals surface area (Å²) in [6.45, 7) is 6.73. The van der Waals surface area contributed by atoms with Crippen LogP contribution >= 0.6 is 15.9 Å². The van der Waals surface area contributed by atoms with Crippen LogP contribution in [0, 0.1) is 5.92 Å². The second kappa shape index (κ2) is 4.66. The van der Waals surface area contributed by atoms with Crippen molar-refractivity contribution in [2.75, 3.05) is 0 Å². The van der Waals surface area contributed by atoms with Crippen LogP contribution in [-0.4, -0.2) is 5.60 Å². The summed E-state index contributed by atoms with van der Waals surface area (Å²) < 4.78 is 6.32. The normalized spacial score (nSPS) is 27.9. The number of hydrogen-bond acceptors (Lipinski definition) is 1. The molecule has 0 N–H and O–H groups in total. The SMILES string of the molecule is CC1=CC[C@@H]2[C@@H](C1)c1ccc(CBr)cc1OC2(C)C. The highest BCUT2D eigenvalue weighted by atomic mass is 79.9. The molecule has 0 amide bonds. The van der Waals surface area contributed by atoms with Gasteiger partial charge >= 0.3 is 0 Å². The third-order valence-corrected chi connectivity index (χ3v) is 5.29. The van der Waals surface area contributed by atoms with Gasteiger partial charge in [0.25, 0.3) is 0 Å². The van der Waals surface area contributed by atoms with Crippen molar-refractivity contribution in [3.63, 3.8) is 0 Å². The van der Waals surface area contributed by atoms with Gasteiger partial charge in [-0.2, -0.15) is 0 Å². The lowest BCUT2D eigenvalue weighted by Gasteiger charge is -2.47. The van der Waals surface area contributed by atoms with Gasteiger partial charge in [0.2, 0.25) is 0 Å². The number of allylic oxidation sites excluding steroid dienone is 2. The van der Waals surface area contributed by atoms with Gasteiger partial charge in [-0.3, -0.25) is 0 Å². The smallest absolute Gasteiger partial charge is 0.123 e. The van der Waals surface area contributed by atoms with E-state index >= 15 is 0 Å². The Morgan fingerprint density at radius 3 is 2.89 bits per heavy atom. The Hall–Kier alpha value is -0.760. The van der Waals surface area contributed by atoms with E-state index in [1.165, 1.54) is 23.1 Å². The summed E-state index contributed by atoms with van der Waals surface area (Å²) in [5.41, 5.74) is 4.15. The minimum absolute atomic E-state index is 0.0696. The number of halogens is 1. The maximum atomic E-state index is 6.32. The van der Waals surface area contributed by atoms with Crippen molar-refractivity contribution in [3.8, 4) is 5.75 Å². The monoisotopic (exact) mass is 320 g/mol. The van der Waals surface area contributed by atoms with Crippen LogP contribution in [0.3, 0.4) is 0 Å². The fourth-order valence-electron chi connectivity index (χ4n) is 3.58. The fraction of sp³-hybridized carbons (Fsp3) is 0.529. The highest BCUT2D eigenvalue weighted by molar-refractivity contribution is 9.08. The average Bonchev–Trinajstić information content (AvgIpc) is 2.37. The van der Waals surface area contributed by atoms with Gasteiger partial charge in [0, 0.05) is 11.2 Å². The summed E-state index contributed by atoms with van der Waals surface area (Å²) in [6, 6.07) is 6.70. The second-order valence-corrected chi connectivity index (χ2v) is 6.98. The minimum atomic E-state index is -0.0696. The van der Waals surface area contributed by atoms with E-state index in [2.05, 4.69) is 61.0 Å². The molecule has 1 aliphatic heterocycles. The average molecular weight is 321 g/mol. The number of hydrogen-bond donors (Lipinski definition) is 0. The Bertz CT molecular complexity index is 530. The Morgan fingerprint density at radius 1 is 1.37 bits per heavy atom. The molecule has 102 valence electrons.